The second-order valence-electron chi connectivity index (χ2n) is 6.25. The molecule has 4 aromatic rings. The van der Waals surface area contributed by atoms with Crippen LogP contribution in [0.5, 0.6) is 5.75 Å². The van der Waals surface area contributed by atoms with Crippen LogP contribution in [0.3, 0.4) is 0 Å². The number of hydrogen-bond donors (Lipinski definition) is 0. The molecule has 0 fully saturated rings. The van der Waals surface area contributed by atoms with E-state index in [1.165, 1.54) is 11.3 Å². The van der Waals surface area contributed by atoms with Crippen molar-refractivity contribution >= 4 is 44.2 Å². The molecule has 0 N–H and O–H groups in total. The van der Waals surface area contributed by atoms with E-state index in [1.54, 1.807) is 35.4 Å². The molecular weight excluding hydrogens is 406 g/mol. The second kappa shape index (κ2) is 8.59. The number of para-hydroxylation sites is 1. The maximum absolute atomic E-state index is 13.3. The van der Waals surface area contributed by atoms with Gasteiger partial charge in [0.1, 0.15) is 11.3 Å². The van der Waals surface area contributed by atoms with Gasteiger partial charge in [-0.05, 0) is 55.5 Å². The fourth-order valence-corrected chi connectivity index (χ4v) is 4.03. The SMILES string of the molecule is CCOc1cccc2sc(N(Cc3ccccn3)C(=O)c3ccc(Cl)cc3)nc12. The molecule has 2 aromatic carbocycles. The molecule has 4 rings (SSSR count). The highest BCUT2D eigenvalue weighted by molar-refractivity contribution is 7.22. The number of anilines is 1. The number of carbonyl (C=O) groups is 1. The number of benzene rings is 2. The summed E-state index contributed by atoms with van der Waals surface area (Å²) >= 11 is 7.44. The maximum Gasteiger partial charge on any atom is 0.260 e. The van der Waals surface area contributed by atoms with E-state index in [-0.39, 0.29) is 5.91 Å². The normalized spacial score (nSPS) is 10.8. The van der Waals surface area contributed by atoms with Crippen LogP contribution in [-0.2, 0) is 6.54 Å². The van der Waals surface area contributed by atoms with Crippen molar-refractivity contribution in [2.45, 2.75) is 13.5 Å². The van der Waals surface area contributed by atoms with E-state index in [0.29, 0.717) is 34.6 Å². The number of ether oxygens (including phenoxy) is 1. The van der Waals surface area contributed by atoms with Crippen LogP contribution in [0.1, 0.15) is 23.0 Å². The molecule has 0 aliphatic carbocycles. The molecule has 2 aromatic heterocycles. The Morgan fingerprint density at radius 2 is 1.93 bits per heavy atom. The van der Waals surface area contributed by atoms with Crippen molar-refractivity contribution < 1.29 is 9.53 Å². The second-order valence-corrected chi connectivity index (χ2v) is 7.70. The molecule has 2 heterocycles. The highest BCUT2D eigenvalue weighted by Crippen LogP contribution is 2.35. The van der Waals surface area contributed by atoms with Crippen molar-refractivity contribution in [2.24, 2.45) is 0 Å². The third-order valence-electron chi connectivity index (χ3n) is 4.28. The standard InChI is InChI=1S/C22H18ClN3O2S/c1-2-28-18-7-5-8-19-20(18)25-22(29-19)26(14-17-6-3-4-13-24-17)21(27)15-9-11-16(23)12-10-15/h3-13H,2,14H2,1H3. The summed E-state index contributed by atoms with van der Waals surface area (Å²) < 4.78 is 6.66. The highest BCUT2D eigenvalue weighted by atomic mass is 35.5. The molecular formula is C22H18ClN3O2S. The number of thiazole rings is 1. The van der Waals surface area contributed by atoms with Crippen LogP contribution in [-0.4, -0.2) is 22.5 Å². The lowest BCUT2D eigenvalue weighted by molar-refractivity contribution is 0.0985. The number of carbonyl (C=O) groups excluding carboxylic acids is 1. The highest BCUT2D eigenvalue weighted by Gasteiger charge is 2.23. The average Bonchev–Trinajstić information content (AvgIpc) is 3.18. The van der Waals surface area contributed by atoms with Crippen LogP contribution in [0, 0.1) is 0 Å². The summed E-state index contributed by atoms with van der Waals surface area (Å²) in [5.74, 6) is 0.550. The minimum absolute atomic E-state index is 0.163. The Balaban J connectivity index is 1.77. The Kier molecular flexibility index (Phi) is 5.74. The van der Waals surface area contributed by atoms with Crippen LogP contribution < -0.4 is 9.64 Å². The van der Waals surface area contributed by atoms with E-state index in [1.807, 2.05) is 43.3 Å². The van der Waals surface area contributed by atoms with Crippen molar-refractivity contribution in [1.29, 1.82) is 0 Å². The molecule has 0 unspecified atom stereocenters. The molecule has 0 saturated heterocycles. The first-order chi connectivity index (χ1) is 14.2. The summed E-state index contributed by atoms with van der Waals surface area (Å²) in [7, 11) is 0. The van der Waals surface area contributed by atoms with Gasteiger partial charge in [-0.1, -0.05) is 35.1 Å². The number of halogens is 1. The van der Waals surface area contributed by atoms with Crippen molar-refractivity contribution in [3.05, 3.63) is 83.1 Å². The van der Waals surface area contributed by atoms with Gasteiger partial charge >= 0.3 is 0 Å². The van der Waals surface area contributed by atoms with Crippen molar-refractivity contribution in [1.82, 2.24) is 9.97 Å². The molecule has 7 heteroatoms. The summed E-state index contributed by atoms with van der Waals surface area (Å²) in [5.41, 5.74) is 2.07. The Morgan fingerprint density at radius 3 is 2.66 bits per heavy atom. The van der Waals surface area contributed by atoms with E-state index in [4.69, 9.17) is 21.3 Å². The molecule has 0 bridgehead atoms. The molecule has 5 nitrogen and oxygen atoms in total. The lowest BCUT2D eigenvalue weighted by Crippen LogP contribution is -2.30. The smallest absolute Gasteiger partial charge is 0.260 e. The van der Waals surface area contributed by atoms with Crippen molar-refractivity contribution in [3.63, 3.8) is 0 Å². The van der Waals surface area contributed by atoms with Gasteiger partial charge in [0.15, 0.2) is 5.13 Å². The predicted molar refractivity (Wildman–Crippen MR) is 117 cm³/mol. The molecule has 1 amide bonds. The van der Waals surface area contributed by atoms with Crippen LogP contribution in [0.15, 0.2) is 66.9 Å². The van der Waals surface area contributed by atoms with E-state index < -0.39 is 0 Å². The summed E-state index contributed by atoms with van der Waals surface area (Å²) in [5, 5.41) is 1.18. The summed E-state index contributed by atoms with van der Waals surface area (Å²) in [6, 6.07) is 18.3. The predicted octanol–water partition coefficient (Wildman–Crippen LogP) is 5.59. The number of hydrogen-bond acceptors (Lipinski definition) is 5. The Labute approximate surface area is 177 Å². The molecule has 0 aliphatic heterocycles. The van der Waals surface area contributed by atoms with Crippen molar-refractivity contribution in [3.8, 4) is 5.75 Å². The lowest BCUT2D eigenvalue weighted by Gasteiger charge is -2.19. The van der Waals surface area contributed by atoms with Gasteiger partial charge in [-0.3, -0.25) is 14.7 Å². The maximum atomic E-state index is 13.3. The van der Waals surface area contributed by atoms with Gasteiger partial charge in [-0.15, -0.1) is 0 Å². The van der Waals surface area contributed by atoms with Gasteiger partial charge < -0.3 is 4.74 Å². The Morgan fingerprint density at radius 1 is 1.10 bits per heavy atom. The van der Waals surface area contributed by atoms with Gasteiger partial charge in [0.25, 0.3) is 5.91 Å². The topological polar surface area (TPSA) is 55.3 Å². The van der Waals surface area contributed by atoms with E-state index in [9.17, 15) is 4.79 Å². The number of aromatic nitrogens is 2. The van der Waals surface area contributed by atoms with Gasteiger partial charge in [-0.2, -0.15) is 0 Å². The average molecular weight is 424 g/mol. The first-order valence-electron chi connectivity index (χ1n) is 9.15. The number of rotatable bonds is 6. The number of pyridine rings is 1. The van der Waals surface area contributed by atoms with Gasteiger partial charge in [0.05, 0.1) is 23.5 Å². The van der Waals surface area contributed by atoms with Gasteiger partial charge in [0, 0.05) is 16.8 Å². The van der Waals surface area contributed by atoms with Crippen LogP contribution in [0.25, 0.3) is 10.2 Å². The third kappa shape index (κ3) is 4.23. The van der Waals surface area contributed by atoms with Gasteiger partial charge in [-0.25, -0.2) is 4.98 Å². The van der Waals surface area contributed by atoms with Gasteiger partial charge in [0.2, 0.25) is 0 Å². The Bertz CT molecular complexity index is 1130. The van der Waals surface area contributed by atoms with Crippen LogP contribution in [0.2, 0.25) is 5.02 Å². The van der Waals surface area contributed by atoms with Crippen LogP contribution >= 0.6 is 22.9 Å². The molecule has 0 atom stereocenters. The third-order valence-corrected chi connectivity index (χ3v) is 5.58. The summed E-state index contributed by atoms with van der Waals surface area (Å²) in [6.07, 6.45) is 1.71. The number of amides is 1. The van der Waals surface area contributed by atoms with E-state index >= 15 is 0 Å². The molecule has 0 aliphatic rings. The largest absolute Gasteiger partial charge is 0.492 e. The summed E-state index contributed by atoms with van der Waals surface area (Å²) in [6.45, 7) is 2.79. The van der Waals surface area contributed by atoms with E-state index in [2.05, 4.69) is 4.98 Å². The fraction of sp³-hybridized carbons (Fsp3) is 0.136. The minimum atomic E-state index is -0.163. The lowest BCUT2D eigenvalue weighted by atomic mass is 10.2. The number of nitrogens with zero attached hydrogens (tertiary/aromatic N) is 3. The molecule has 0 spiro atoms. The number of fused-ring (bicyclic) bond motifs is 1. The molecule has 29 heavy (non-hydrogen) atoms. The zero-order valence-corrected chi connectivity index (χ0v) is 17.3. The first-order valence-corrected chi connectivity index (χ1v) is 10.3. The zero-order chi connectivity index (χ0) is 20.2. The van der Waals surface area contributed by atoms with E-state index in [0.717, 1.165) is 15.9 Å². The zero-order valence-electron chi connectivity index (χ0n) is 15.7. The van der Waals surface area contributed by atoms with Crippen molar-refractivity contribution in [2.75, 3.05) is 11.5 Å². The molecule has 146 valence electrons. The molecule has 0 saturated carbocycles. The summed E-state index contributed by atoms with van der Waals surface area (Å²) in [4.78, 5) is 24.1. The Hall–Kier alpha value is -2.96. The minimum Gasteiger partial charge on any atom is -0.492 e. The quantitative estimate of drug-likeness (QED) is 0.405. The van der Waals surface area contributed by atoms with Crippen LogP contribution in [0.4, 0.5) is 5.13 Å². The fourth-order valence-electron chi connectivity index (χ4n) is 2.93. The first kappa shape index (κ1) is 19.4. The monoisotopic (exact) mass is 423 g/mol. The molecule has 0 radical (unpaired) electrons.